The average molecular weight is 557 g/mol. The van der Waals surface area contributed by atoms with E-state index in [0.717, 1.165) is 35.8 Å². The van der Waals surface area contributed by atoms with E-state index in [1.54, 1.807) is 12.1 Å². The number of ether oxygens (including phenoxy) is 1. The number of thioether (sulfide) groups is 1. The van der Waals surface area contributed by atoms with Gasteiger partial charge in [0, 0.05) is 18.1 Å². The quantitative estimate of drug-likeness (QED) is 0.149. The van der Waals surface area contributed by atoms with E-state index in [1.165, 1.54) is 13.3 Å². The Balaban J connectivity index is 0.000000839. The number of alkyl halides is 2. The molecule has 1 aromatic heterocycles. The average Bonchev–Trinajstić information content (AvgIpc) is 2.96. The summed E-state index contributed by atoms with van der Waals surface area (Å²) in [5.41, 5.74) is 12.2. The first kappa shape index (κ1) is 33.5. The highest BCUT2D eigenvalue weighted by Gasteiger charge is 2.17. The van der Waals surface area contributed by atoms with Gasteiger partial charge in [0.1, 0.15) is 5.75 Å². The number of hydrogen-bond acceptors (Lipinski definition) is 6. The molecule has 39 heavy (non-hydrogen) atoms. The minimum absolute atomic E-state index is 0.383. The monoisotopic (exact) mass is 556 g/mol. The molecule has 1 heterocycles. The number of rotatable bonds is 9. The number of hydrogen-bond donors (Lipinski definition) is 3. The standard InChI is InChI=1S/C26H27N3O2.C3H6F2S.CH5N/c1-4-7-24-22(6-3)23(26(30)29-27)17-25(28-24)20-10-8-18(9-11-20)19-12-14-21(15-13-19)31-16-5-2;1-3(4,5)6-2;1-2/h4,6-15,17H,3,5,16,27H2,1-2H3,(H,29,30);1-2H3;2H2,1H3/b7-4-;;. The first-order valence-electron chi connectivity index (χ1n) is 12.3. The fourth-order valence-corrected chi connectivity index (χ4v) is 3.28. The fraction of sp³-hybridized carbons (Fsp3) is 0.267. The van der Waals surface area contributed by atoms with Gasteiger partial charge in [-0.05, 0) is 62.1 Å². The Morgan fingerprint density at radius 3 is 2.05 bits per heavy atom. The summed E-state index contributed by atoms with van der Waals surface area (Å²) >= 11 is 0.549. The van der Waals surface area contributed by atoms with Crippen molar-refractivity contribution in [3.05, 3.63) is 84.1 Å². The summed E-state index contributed by atoms with van der Waals surface area (Å²) in [6.45, 7) is 9.39. The number of hydrazine groups is 1. The third-order valence-electron chi connectivity index (χ3n) is 5.19. The third-order valence-corrected chi connectivity index (χ3v) is 5.91. The summed E-state index contributed by atoms with van der Waals surface area (Å²) < 4.78 is 28.5. The molecule has 3 aromatic rings. The SMILES string of the molecule is C=Cc1c(C(=O)NN)cc(-c2ccc(-c3ccc(OCCC)cc3)cc2)nc1/C=C\C.CN.CSC(C)(F)F. The lowest BCUT2D eigenvalue weighted by Gasteiger charge is -2.12. The van der Waals surface area contributed by atoms with E-state index in [2.05, 4.69) is 24.7 Å². The van der Waals surface area contributed by atoms with Gasteiger partial charge in [0.05, 0.1) is 23.6 Å². The summed E-state index contributed by atoms with van der Waals surface area (Å²) in [4.78, 5) is 17.0. The molecule has 0 atom stereocenters. The molecule has 0 spiro atoms. The van der Waals surface area contributed by atoms with Crippen LogP contribution in [0.2, 0.25) is 0 Å². The highest BCUT2D eigenvalue weighted by atomic mass is 32.2. The van der Waals surface area contributed by atoms with Crippen LogP contribution >= 0.6 is 11.8 Å². The molecule has 210 valence electrons. The first-order chi connectivity index (χ1) is 18.7. The fourth-order valence-electron chi connectivity index (χ4n) is 3.28. The number of nitrogens with one attached hydrogen (secondary N) is 1. The number of nitrogen functional groups attached to an aromatic ring is 1. The molecule has 0 radical (unpaired) electrons. The molecule has 0 aliphatic heterocycles. The topological polar surface area (TPSA) is 103 Å². The summed E-state index contributed by atoms with van der Waals surface area (Å²) in [5.74, 6) is 5.87. The van der Waals surface area contributed by atoms with E-state index in [0.29, 0.717) is 40.9 Å². The van der Waals surface area contributed by atoms with Crippen LogP contribution in [0.3, 0.4) is 0 Å². The Labute approximate surface area is 234 Å². The predicted molar refractivity (Wildman–Crippen MR) is 162 cm³/mol. The van der Waals surface area contributed by atoms with Gasteiger partial charge in [-0.2, -0.15) is 8.78 Å². The van der Waals surface area contributed by atoms with Crippen LogP contribution in [0.25, 0.3) is 34.5 Å². The number of amides is 1. The van der Waals surface area contributed by atoms with Crippen molar-refractivity contribution < 1.29 is 18.3 Å². The van der Waals surface area contributed by atoms with E-state index in [-0.39, 0.29) is 5.91 Å². The molecule has 0 aliphatic rings. The molecule has 9 heteroatoms. The highest BCUT2D eigenvalue weighted by molar-refractivity contribution is 7.99. The molecule has 0 unspecified atom stereocenters. The molecule has 5 N–H and O–H groups in total. The van der Waals surface area contributed by atoms with Crippen LogP contribution in [0.5, 0.6) is 5.75 Å². The van der Waals surface area contributed by atoms with Gasteiger partial charge in [-0.3, -0.25) is 10.2 Å². The van der Waals surface area contributed by atoms with E-state index < -0.39 is 5.25 Å². The molecule has 0 bridgehead atoms. The van der Waals surface area contributed by atoms with Crippen LogP contribution in [-0.2, 0) is 0 Å². The zero-order valence-corrected chi connectivity index (χ0v) is 23.9. The molecule has 0 saturated carbocycles. The number of nitrogens with two attached hydrogens (primary N) is 2. The number of nitrogens with zero attached hydrogens (tertiary/aromatic N) is 1. The van der Waals surface area contributed by atoms with Crippen LogP contribution in [0.1, 0.15) is 48.8 Å². The maximum Gasteiger partial charge on any atom is 0.290 e. The summed E-state index contributed by atoms with van der Waals surface area (Å²) in [6, 6.07) is 17.9. The van der Waals surface area contributed by atoms with E-state index in [4.69, 9.17) is 15.6 Å². The summed E-state index contributed by atoms with van der Waals surface area (Å²) in [7, 11) is 1.50. The first-order valence-corrected chi connectivity index (χ1v) is 13.5. The van der Waals surface area contributed by atoms with Crippen molar-refractivity contribution in [1.82, 2.24) is 10.4 Å². The van der Waals surface area contributed by atoms with Gasteiger partial charge < -0.3 is 10.5 Å². The van der Waals surface area contributed by atoms with Crippen LogP contribution in [0.15, 0.2) is 67.3 Å². The van der Waals surface area contributed by atoms with Crippen LogP contribution < -0.4 is 21.7 Å². The number of halogens is 2. The number of aromatic nitrogens is 1. The van der Waals surface area contributed by atoms with Crippen LogP contribution in [-0.4, -0.2) is 36.1 Å². The second-order valence-electron chi connectivity index (χ2n) is 7.99. The van der Waals surface area contributed by atoms with E-state index in [1.807, 2.05) is 67.6 Å². The lowest BCUT2D eigenvalue weighted by atomic mass is 9.99. The Morgan fingerprint density at radius 1 is 1.10 bits per heavy atom. The highest BCUT2D eigenvalue weighted by Crippen LogP contribution is 2.28. The number of pyridine rings is 1. The zero-order chi connectivity index (χ0) is 29.4. The lowest BCUT2D eigenvalue weighted by Crippen LogP contribution is -2.30. The van der Waals surface area contributed by atoms with Gasteiger partial charge >= 0.3 is 0 Å². The molecular weight excluding hydrogens is 518 g/mol. The molecule has 0 saturated heterocycles. The molecule has 0 fully saturated rings. The van der Waals surface area contributed by atoms with Crippen LogP contribution in [0, 0.1) is 0 Å². The van der Waals surface area contributed by atoms with Gasteiger partial charge in [0.15, 0.2) is 0 Å². The number of carbonyl (C=O) groups excluding carboxylic acids is 1. The summed E-state index contributed by atoms with van der Waals surface area (Å²) in [5, 5.41) is -2.54. The minimum atomic E-state index is -2.54. The van der Waals surface area contributed by atoms with Gasteiger partial charge in [-0.25, -0.2) is 10.8 Å². The Kier molecular flexibility index (Phi) is 14.7. The minimum Gasteiger partial charge on any atom is -0.494 e. The van der Waals surface area contributed by atoms with Crippen molar-refractivity contribution in [3.8, 4) is 28.1 Å². The Morgan fingerprint density at radius 2 is 1.62 bits per heavy atom. The summed E-state index contributed by atoms with van der Waals surface area (Å²) in [6.07, 6.45) is 7.70. The number of carbonyl (C=O) groups is 1. The lowest BCUT2D eigenvalue weighted by molar-refractivity contribution is 0.0953. The second kappa shape index (κ2) is 17.1. The van der Waals surface area contributed by atoms with Crippen molar-refractivity contribution in [2.45, 2.75) is 32.4 Å². The predicted octanol–water partition coefficient (Wildman–Crippen LogP) is 7.02. The van der Waals surface area contributed by atoms with Gasteiger partial charge in [-0.1, -0.05) is 73.8 Å². The Hall–Kier alpha value is -3.53. The zero-order valence-electron chi connectivity index (χ0n) is 23.1. The van der Waals surface area contributed by atoms with E-state index >= 15 is 0 Å². The second-order valence-corrected chi connectivity index (χ2v) is 9.12. The van der Waals surface area contributed by atoms with Crippen molar-refractivity contribution in [3.63, 3.8) is 0 Å². The van der Waals surface area contributed by atoms with Crippen molar-refractivity contribution in [2.75, 3.05) is 19.9 Å². The largest absolute Gasteiger partial charge is 0.494 e. The molecule has 2 aromatic carbocycles. The van der Waals surface area contributed by atoms with Gasteiger partial charge in [0.25, 0.3) is 11.2 Å². The number of benzene rings is 2. The maximum atomic E-state index is 12.3. The Bertz CT molecular complexity index is 1210. The normalized spacial score (nSPS) is 10.6. The van der Waals surface area contributed by atoms with Gasteiger partial charge in [-0.15, -0.1) is 0 Å². The number of allylic oxidation sites excluding steroid dienone is 1. The molecule has 3 rings (SSSR count). The van der Waals surface area contributed by atoms with Crippen molar-refractivity contribution in [1.29, 1.82) is 0 Å². The maximum absolute atomic E-state index is 12.3. The smallest absolute Gasteiger partial charge is 0.290 e. The molecule has 1 amide bonds. The molecule has 6 nitrogen and oxygen atoms in total. The van der Waals surface area contributed by atoms with Gasteiger partial charge in [0.2, 0.25) is 0 Å². The van der Waals surface area contributed by atoms with Crippen molar-refractivity contribution in [2.24, 2.45) is 11.6 Å². The molecular formula is C30H38F2N4O2S. The van der Waals surface area contributed by atoms with E-state index in [9.17, 15) is 13.6 Å². The van der Waals surface area contributed by atoms with Crippen molar-refractivity contribution >= 4 is 29.8 Å². The van der Waals surface area contributed by atoms with Crippen LogP contribution in [0.4, 0.5) is 8.78 Å². The molecule has 0 aliphatic carbocycles. The third kappa shape index (κ3) is 10.6.